The molecule has 0 aliphatic carbocycles. The molecular formula is C21H25N3O5. The van der Waals surface area contributed by atoms with Gasteiger partial charge in [-0.25, -0.2) is 0 Å². The summed E-state index contributed by atoms with van der Waals surface area (Å²) >= 11 is 0. The van der Waals surface area contributed by atoms with Crippen LogP contribution in [-0.4, -0.2) is 63.8 Å². The number of hydrogen-bond donors (Lipinski definition) is 2. The van der Waals surface area contributed by atoms with Crippen molar-refractivity contribution in [3.05, 3.63) is 48.0 Å². The normalized spacial score (nSPS) is 14.1. The van der Waals surface area contributed by atoms with E-state index in [-0.39, 0.29) is 18.4 Å². The summed E-state index contributed by atoms with van der Waals surface area (Å²) in [4.78, 5) is 26.9. The summed E-state index contributed by atoms with van der Waals surface area (Å²) in [6, 6.07) is 11.9. The number of amides is 2. The van der Waals surface area contributed by atoms with E-state index < -0.39 is 0 Å². The first kappa shape index (κ1) is 20.6. The molecule has 29 heavy (non-hydrogen) atoms. The van der Waals surface area contributed by atoms with Crippen molar-refractivity contribution < 1.29 is 23.8 Å². The van der Waals surface area contributed by atoms with Crippen molar-refractivity contribution in [2.45, 2.75) is 0 Å². The lowest BCUT2D eigenvalue weighted by Gasteiger charge is -2.26. The zero-order valence-corrected chi connectivity index (χ0v) is 16.6. The second-order valence-corrected chi connectivity index (χ2v) is 6.53. The summed E-state index contributed by atoms with van der Waals surface area (Å²) in [6.07, 6.45) is 0. The lowest BCUT2D eigenvalue weighted by atomic mass is 10.2. The number of nitrogens with zero attached hydrogens (tertiary/aromatic N) is 1. The molecule has 3 rings (SSSR count). The average Bonchev–Trinajstić information content (AvgIpc) is 2.74. The Morgan fingerprint density at radius 2 is 1.72 bits per heavy atom. The van der Waals surface area contributed by atoms with Crippen LogP contribution in [0.15, 0.2) is 42.5 Å². The highest BCUT2D eigenvalue weighted by molar-refractivity contribution is 6.05. The predicted octanol–water partition coefficient (Wildman–Crippen LogP) is 2.23. The Morgan fingerprint density at radius 1 is 1.00 bits per heavy atom. The zero-order chi connectivity index (χ0) is 20.6. The van der Waals surface area contributed by atoms with Crippen LogP contribution in [-0.2, 0) is 9.53 Å². The van der Waals surface area contributed by atoms with Crippen LogP contribution in [0.2, 0.25) is 0 Å². The van der Waals surface area contributed by atoms with E-state index in [1.54, 1.807) is 49.6 Å². The molecule has 0 radical (unpaired) electrons. The van der Waals surface area contributed by atoms with E-state index in [9.17, 15) is 9.59 Å². The summed E-state index contributed by atoms with van der Waals surface area (Å²) in [5.41, 5.74) is 1.55. The van der Waals surface area contributed by atoms with E-state index in [1.807, 2.05) is 4.90 Å². The molecule has 154 valence electrons. The van der Waals surface area contributed by atoms with Gasteiger partial charge in [-0.2, -0.15) is 0 Å². The van der Waals surface area contributed by atoms with Crippen LogP contribution < -0.4 is 20.1 Å². The van der Waals surface area contributed by atoms with Gasteiger partial charge in [0, 0.05) is 24.3 Å². The summed E-state index contributed by atoms with van der Waals surface area (Å²) < 4.78 is 15.7. The topological polar surface area (TPSA) is 89.1 Å². The molecule has 1 fully saturated rings. The van der Waals surface area contributed by atoms with Gasteiger partial charge in [-0.1, -0.05) is 0 Å². The third-order valence-electron chi connectivity index (χ3n) is 4.55. The second-order valence-electron chi connectivity index (χ2n) is 6.53. The van der Waals surface area contributed by atoms with Crippen molar-refractivity contribution in [3.63, 3.8) is 0 Å². The van der Waals surface area contributed by atoms with Gasteiger partial charge in [0.1, 0.15) is 11.5 Å². The minimum atomic E-state index is -0.261. The maximum absolute atomic E-state index is 12.5. The summed E-state index contributed by atoms with van der Waals surface area (Å²) in [5, 5.41) is 5.69. The molecule has 2 aromatic carbocycles. The standard InChI is InChI=1S/C21H25N3O5/c1-27-17-6-3-15(4-7-17)21(26)22-16-5-8-19(28-2)18(13-16)23-20(25)14-24-9-11-29-12-10-24/h3-8,13H,9-12,14H2,1-2H3,(H,22,26)(H,23,25). The minimum Gasteiger partial charge on any atom is -0.497 e. The first-order chi connectivity index (χ1) is 14.1. The fourth-order valence-corrected chi connectivity index (χ4v) is 2.98. The van der Waals surface area contributed by atoms with Gasteiger partial charge in [-0.05, 0) is 42.5 Å². The number of carbonyl (C=O) groups excluding carboxylic acids is 2. The Kier molecular flexibility index (Phi) is 7.04. The molecule has 0 aromatic heterocycles. The van der Waals surface area contributed by atoms with E-state index >= 15 is 0 Å². The van der Waals surface area contributed by atoms with Gasteiger partial charge in [-0.15, -0.1) is 0 Å². The molecule has 0 unspecified atom stereocenters. The van der Waals surface area contributed by atoms with Gasteiger partial charge in [0.15, 0.2) is 0 Å². The Labute approximate surface area is 169 Å². The highest BCUT2D eigenvalue weighted by Crippen LogP contribution is 2.28. The third-order valence-corrected chi connectivity index (χ3v) is 4.55. The van der Waals surface area contributed by atoms with E-state index in [0.717, 1.165) is 13.1 Å². The monoisotopic (exact) mass is 399 g/mol. The molecule has 8 heteroatoms. The van der Waals surface area contributed by atoms with Crippen LogP contribution >= 0.6 is 0 Å². The van der Waals surface area contributed by atoms with Crippen LogP contribution in [0.25, 0.3) is 0 Å². The van der Waals surface area contributed by atoms with Gasteiger partial charge in [0.05, 0.1) is 39.7 Å². The number of carbonyl (C=O) groups is 2. The number of benzene rings is 2. The quantitative estimate of drug-likeness (QED) is 0.742. The van der Waals surface area contributed by atoms with Crippen molar-refractivity contribution in [3.8, 4) is 11.5 Å². The zero-order valence-electron chi connectivity index (χ0n) is 16.6. The van der Waals surface area contributed by atoms with Crippen molar-refractivity contribution in [2.75, 3.05) is 57.7 Å². The van der Waals surface area contributed by atoms with Crippen molar-refractivity contribution >= 4 is 23.2 Å². The molecule has 0 atom stereocenters. The molecule has 2 amide bonds. The van der Waals surface area contributed by atoms with E-state index in [4.69, 9.17) is 14.2 Å². The van der Waals surface area contributed by atoms with Gasteiger partial charge in [0.2, 0.25) is 5.91 Å². The average molecular weight is 399 g/mol. The largest absolute Gasteiger partial charge is 0.497 e. The van der Waals surface area contributed by atoms with E-state index in [2.05, 4.69) is 10.6 Å². The second kappa shape index (κ2) is 9.90. The van der Waals surface area contributed by atoms with E-state index in [1.165, 1.54) is 7.11 Å². The molecule has 0 saturated carbocycles. The number of methoxy groups -OCH3 is 2. The number of ether oxygens (including phenoxy) is 3. The molecular weight excluding hydrogens is 374 g/mol. The fourth-order valence-electron chi connectivity index (χ4n) is 2.98. The number of nitrogens with one attached hydrogen (secondary N) is 2. The van der Waals surface area contributed by atoms with Crippen molar-refractivity contribution in [1.82, 2.24) is 4.90 Å². The molecule has 1 saturated heterocycles. The molecule has 1 heterocycles. The molecule has 0 bridgehead atoms. The Bertz CT molecular complexity index is 848. The first-order valence-corrected chi connectivity index (χ1v) is 9.32. The molecule has 0 spiro atoms. The van der Waals surface area contributed by atoms with Gasteiger partial charge in [-0.3, -0.25) is 14.5 Å². The highest BCUT2D eigenvalue weighted by Gasteiger charge is 2.16. The van der Waals surface area contributed by atoms with Crippen LogP contribution in [0, 0.1) is 0 Å². The maximum Gasteiger partial charge on any atom is 0.255 e. The lowest BCUT2D eigenvalue weighted by molar-refractivity contribution is -0.118. The molecule has 1 aliphatic heterocycles. The summed E-state index contributed by atoms with van der Waals surface area (Å²) in [7, 11) is 3.10. The maximum atomic E-state index is 12.5. The Balaban J connectivity index is 1.67. The smallest absolute Gasteiger partial charge is 0.255 e. The number of morpholine rings is 1. The van der Waals surface area contributed by atoms with Gasteiger partial charge >= 0.3 is 0 Å². The van der Waals surface area contributed by atoms with Crippen molar-refractivity contribution in [2.24, 2.45) is 0 Å². The van der Waals surface area contributed by atoms with Gasteiger partial charge < -0.3 is 24.8 Å². The van der Waals surface area contributed by atoms with Crippen molar-refractivity contribution in [1.29, 1.82) is 0 Å². The Morgan fingerprint density at radius 3 is 2.38 bits per heavy atom. The summed E-state index contributed by atoms with van der Waals surface area (Å²) in [6.45, 7) is 2.98. The molecule has 1 aliphatic rings. The molecule has 2 aromatic rings. The lowest BCUT2D eigenvalue weighted by Crippen LogP contribution is -2.41. The summed E-state index contributed by atoms with van der Waals surface area (Å²) in [5.74, 6) is 0.784. The number of rotatable bonds is 7. The first-order valence-electron chi connectivity index (χ1n) is 9.32. The van der Waals surface area contributed by atoms with Crippen LogP contribution in [0.1, 0.15) is 10.4 Å². The molecule has 2 N–H and O–H groups in total. The minimum absolute atomic E-state index is 0.149. The number of anilines is 2. The SMILES string of the molecule is COc1ccc(C(=O)Nc2ccc(OC)c(NC(=O)CN3CCOCC3)c2)cc1. The predicted molar refractivity (Wildman–Crippen MR) is 110 cm³/mol. The Hall–Kier alpha value is -3.10. The number of hydrogen-bond acceptors (Lipinski definition) is 6. The highest BCUT2D eigenvalue weighted by atomic mass is 16.5. The van der Waals surface area contributed by atoms with Crippen LogP contribution in [0.5, 0.6) is 11.5 Å². The third kappa shape index (κ3) is 5.69. The fraction of sp³-hybridized carbons (Fsp3) is 0.333. The van der Waals surface area contributed by atoms with Crippen LogP contribution in [0.4, 0.5) is 11.4 Å². The van der Waals surface area contributed by atoms with E-state index in [0.29, 0.717) is 41.7 Å². The van der Waals surface area contributed by atoms with Gasteiger partial charge in [0.25, 0.3) is 5.91 Å². The molecule has 8 nitrogen and oxygen atoms in total. The van der Waals surface area contributed by atoms with Crippen LogP contribution in [0.3, 0.4) is 0 Å².